The highest BCUT2D eigenvalue weighted by Crippen LogP contribution is 2.30. The van der Waals surface area contributed by atoms with Gasteiger partial charge >= 0.3 is 5.97 Å². The van der Waals surface area contributed by atoms with Gasteiger partial charge in [-0.25, -0.2) is 9.18 Å². The van der Waals surface area contributed by atoms with Crippen molar-refractivity contribution in [2.75, 3.05) is 20.1 Å². The van der Waals surface area contributed by atoms with Crippen molar-refractivity contribution in [3.63, 3.8) is 0 Å². The Bertz CT molecular complexity index is 422. The molecule has 1 aromatic carbocycles. The molecule has 0 radical (unpaired) electrons. The van der Waals surface area contributed by atoms with E-state index in [0.29, 0.717) is 6.54 Å². The van der Waals surface area contributed by atoms with Crippen molar-refractivity contribution in [1.82, 2.24) is 4.90 Å². The van der Waals surface area contributed by atoms with Gasteiger partial charge in [-0.05, 0) is 37.7 Å². The van der Waals surface area contributed by atoms with Crippen molar-refractivity contribution < 1.29 is 14.3 Å². The van der Waals surface area contributed by atoms with E-state index in [-0.39, 0.29) is 11.5 Å². The molecule has 92 valence electrons. The molecule has 17 heavy (non-hydrogen) atoms. The molecule has 0 spiro atoms. The minimum absolute atomic E-state index is 0.175. The fourth-order valence-corrected chi connectivity index (χ4v) is 2.33. The van der Waals surface area contributed by atoms with Gasteiger partial charge in [-0.15, -0.1) is 0 Å². The van der Waals surface area contributed by atoms with Gasteiger partial charge in [0, 0.05) is 12.5 Å². The monoisotopic (exact) mass is 237 g/mol. The highest BCUT2D eigenvalue weighted by atomic mass is 19.1. The molecule has 1 aromatic rings. The number of carboxylic acid groups (broad SMARTS) is 1. The Morgan fingerprint density at radius 2 is 2.29 bits per heavy atom. The topological polar surface area (TPSA) is 40.5 Å². The predicted molar refractivity (Wildman–Crippen MR) is 63.2 cm³/mol. The van der Waals surface area contributed by atoms with Crippen molar-refractivity contribution in [3.05, 3.63) is 35.4 Å². The Labute approximate surface area is 99.9 Å². The largest absolute Gasteiger partial charge is 0.478 e. The number of halogens is 1. The van der Waals surface area contributed by atoms with Crippen LogP contribution in [0, 0.1) is 0 Å². The van der Waals surface area contributed by atoms with Gasteiger partial charge < -0.3 is 10.0 Å². The van der Waals surface area contributed by atoms with Crippen LogP contribution in [-0.2, 0) is 0 Å². The van der Waals surface area contributed by atoms with Gasteiger partial charge in [0.1, 0.15) is 6.17 Å². The number of likely N-dealkylation sites (tertiary alicyclic amines) is 1. The second-order valence-corrected chi connectivity index (χ2v) is 4.60. The van der Waals surface area contributed by atoms with Crippen LogP contribution in [0.1, 0.15) is 28.3 Å². The molecule has 3 nitrogen and oxygen atoms in total. The summed E-state index contributed by atoms with van der Waals surface area (Å²) < 4.78 is 13.9. The predicted octanol–water partition coefficient (Wildman–Crippen LogP) is 2.14. The fraction of sp³-hybridized carbons (Fsp3) is 0.462. The first-order valence-electron chi connectivity index (χ1n) is 5.74. The van der Waals surface area contributed by atoms with E-state index < -0.39 is 12.1 Å². The highest BCUT2D eigenvalue weighted by molar-refractivity contribution is 5.87. The lowest BCUT2D eigenvalue weighted by atomic mass is 9.87. The molecule has 2 rings (SSSR count). The summed E-state index contributed by atoms with van der Waals surface area (Å²) in [5.74, 6) is -1.14. The van der Waals surface area contributed by atoms with Crippen LogP contribution in [0.3, 0.4) is 0 Å². The van der Waals surface area contributed by atoms with Crippen molar-refractivity contribution in [2.24, 2.45) is 0 Å². The minimum atomic E-state index is -0.963. The van der Waals surface area contributed by atoms with Gasteiger partial charge in [0.25, 0.3) is 0 Å². The van der Waals surface area contributed by atoms with E-state index in [1.54, 1.807) is 12.1 Å². The maximum Gasteiger partial charge on any atom is 0.335 e. The lowest BCUT2D eigenvalue weighted by Gasteiger charge is -2.32. The summed E-state index contributed by atoms with van der Waals surface area (Å²) in [5.41, 5.74) is 1.03. The summed E-state index contributed by atoms with van der Waals surface area (Å²) in [5, 5.41) is 8.91. The molecule has 1 heterocycles. The number of hydrogen-bond acceptors (Lipinski definition) is 2. The zero-order valence-corrected chi connectivity index (χ0v) is 9.77. The van der Waals surface area contributed by atoms with E-state index in [1.165, 1.54) is 6.07 Å². The van der Waals surface area contributed by atoms with E-state index in [1.807, 2.05) is 18.0 Å². The lowest BCUT2D eigenvalue weighted by molar-refractivity contribution is 0.0696. The molecule has 2 unspecified atom stereocenters. The van der Waals surface area contributed by atoms with Gasteiger partial charge in [0.05, 0.1) is 5.56 Å². The maximum atomic E-state index is 13.9. The smallest absolute Gasteiger partial charge is 0.335 e. The standard InChI is InChI=1S/C13H16FNO2/c1-15-6-5-11(12(14)8-15)9-3-2-4-10(7-9)13(16)17/h2-4,7,11-12H,5-6,8H2,1H3,(H,16,17). The van der Waals surface area contributed by atoms with E-state index in [4.69, 9.17) is 5.11 Å². The van der Waals surface area contributed by atoms with Gasteiger partial charge in [-0.1, -0.05) is 12.1 Å². The summed E-state index contributed by atoms with van der Waals surface area (Å²) in [4.78, 5) is 12.8. The summed E-state index contributed by atoms with van der Waals surface area (Å²) in [6.07, 6.45) is -0.182. The Kier molecular flexibility index (Phi) is 3.43. The quantitative estimate of drug-likeness (QED) is 0.856. The third-order valence-electron chi connectivity index (χ3n) is 3.31. The number of piperidine rings is 1. The molecule has 1 aliphatic heterocycles. The van der Waals surface area contributed by atoms with E-state index >= 15 is 0 Å². The molecule has 1 N–H and O–H groups in total. The van der Waals surface area contributed by atoms with Crippen molar-refractivity contribution >= 4 is 5.97 Å². The van der Waals surface area contributed by atoms with Gasteiger partial charge in [-0.2, -0.15) is 0 Å². The van der Waals surface area contributed by atoms with Crippen LogP contribution in [0.15, 0.2) is 24.3 Å². The van der Waals surface area contributed by atoms with Gasteiger partial charge in [0.15, 0.2) is 0 Å². The third kappa shape index (κ3) is 2.64. The zero-order valence-electron chi connectivity index (χ0n) is 9.77. The molecule has 4 heteroatoms. The number of carbonyl (C=O) groups is 1. The van der Waals surface area contributed by atoms with Crippen LogP contribution in [0.4, 0.5) is 4.39 Å². The van der Waals surface area contributed by atoms with Crippen LogP contribution >= 0.6 is 0 Å². The number of alkyl halides is 1. The number of hydrogen-bond donors (Lipinski definition) is 1. The SMILES string of the molecule is CN1CCC(c2cccc(C(=O)O)c2)C(F)C1. The van der Waals surface area contributed by atoms with E-state index in [2.05, 4.69) is 0 Å². The van der Waals surface area contributed by atoms with Crippen LogP contribution in [0.2, 0.25) is 0 Å². The molecule has 0 amide bonds. The summed E-state index contributed by atoms with van der Waals surface area (Å²) in [6.45, 7) is 1.27. The molecule has 0 saturated carbocycles. The van der Waals surface area contributed by atoms with Gasteiger partial charge in [0.2, 0.25) is 0 Å². The number of benzene rings is 1. The second kappa shape index (κ2) is 4.84. The first kappa shape index (κ1) is 12.0. The zero-order chi connectivity index (χ0) is 12.4. The Morgan fingerprint density at radius 1 is 1.53 bits per heavy atom. The van der Waals surface area contributed by atoms with Crippen molar-refractivity contribution in [2.45, 2.75) is 18.5 Å². The van der Waals surface area contributed by atoms with Crippen LogP contribution in [-0.4, -0.2) is 42.3 Å². The minimum Gasteiger partial charge on any atom is -0.478 e. The fourth-order valence-electron chi connectivity index (χ4n) is 2.33. The number of nitrogens with zero attached hydrogens (tertiary/aromatic N) is 1. The first-order valence-corrected chi connectivity index (χ1v) is 5.74. The Morgan fingerprint density at radius 3 is 2.94 bits per heavy atom. The lowest BCUT2D eigenvalue weighted by Crippen LogP contribution is -2.38. The summed E-state index contributed by atoms with van der Waals surface area (Å²) >= 11 is 0. The highest BCUT2D eigenvalue weighted by Gasteiger charge is 2.28. The molecular formula is C13H16FNO2. The number of rotatable bonds is 2. The van der Waals surface area contributed by atoms with Crippen LogP contribution in [0.5, 0.6) is 0 Å². The van der Waals surface area contributed by atoms with E-state index in [9.17, 15) is 9.18 Å². The van der Waals surface area contributed by atoms with Crippen molar-refractivity contribution in [3.8, 4) is 0 Å². The molecule has 0 aromatic heterocycles. The molecular weight excluding hydrogens is 221 g/mol. The molecule has 1 aliphatic rings. The van der Waals surface area contributed by atoms with Crippen LogP contribution in [0.25, 0.3) is 0 Å². The van der Waals surface area contributed by atoms with Crippen LogP contribution < -0.4 is 0 Å². The maximum absolute atomic E-state index is 13.9. The average molecular weight is 237 g/mol. The number of aromatic carboxylic acids is 1. The molecule has 1 fully saturated rings. The molecule has 0 aliphatic carbocycles. The molecule has 1 saturated heterocycles. The third-order valence-corrected chi connectivity index (χ3v) is 3.31. The normalized spacial score (nSPS) is 25.8. The van der Waals surface area contributed by atoms with E-state index in [0.717, 1.165) is 18.5 Å². The first-order chi connectivity index (χ1) is 8.08. The second-order valence-electron chi connectivity index (χ2n) is 4.60. The van der Waals surface area contributed by atoms with Gasteiger partial charge in [-0.3, -0.25) is 0 Å². The Balaban J connectivity index is 2.22. The summed E-state index contributed by atoms with van der Waals surface area (Å²) in [6, 6.07) is 6.62. The number of carboxylic acids is 1. The molecule has 0 bridgehead atoms. The summed E-state index contributed by atoms with van der Waals surface area (Å²) in [7, 11) is 1.90. The Hall–Kier alpha value is -1.42. The van der Waals surface area contributed by atoms with Crippen molar-refractivity contribution in [1.29, 1.82) is 0 Å². The average Bonchev–Trinajstić information content (AvgIpc) is 2.29. The molecule has 2 atom stereocenters.